The molecule has 0 spiro atoms. The third kappa shape index (κ3) is 3.93. The first-order valence-corrected chi connectivity index (χ1v) is 7.78. The Morgan fingerprint density at radius 3 is 1.68 bits per heavy atom. The van der Waals surface area contributed by atoms with E-state index in [0.29, 0.717) is 12.0 Å². The van der Waals surface area contributed by atoms with Crippen molar-refractivity contribution in [1.82, 2.24) is 0 Å². The number of hydrogen-bond acceptors (Lipinski definition) is 2. The van der Waals surface area contributed by atoms with Gasteiger partial charge in [0.25, 0.3) is 0 Å². The molecule has 0 aliphatic heterocycles. The van der Waals surface area contributed by atoms with E-state index in [1.807, 2.05) is 54.6 Å². The van der Waals surface area contributed by atoms with Crippen LogP contribution < -0.4 is 0 Å². The van der Waals surface area contributed by atoms with Crippen LogP contribution in [-0.2, 0) is 6.42 Å². The lowest BCUT2D eigenvalue weighted by molar-refractivity contribution is 0.0696. The van der Waals surface area contributed by atoms with Crippen LogP contribution in [0.3, 0.4) is 0 Å². The third-order valence-electron chi connectivity index (χ3n) is 3.96. The fourth-order valence-electron chi connectivity index (χ4n) is 2.72. The van der Waals surface area contributed by atoms with Gasteiger partial charge < -0.3 is 10.2 Å². The molecule has 0 fully saturated rings. The van der Waals surface area contributed by atoms with Crippen LogP contribution in [0.1, 0.15) is 31.8 Å². The Bertz CT molecular complexity index is 880. The lowest BCUT2D eigenvalue weighted by atomic mass is 9.98. The molecule has 3 aromatic rings. The maximum absolute atomic E-state index is 11.2. The Hall–Kier alpha value is -3.40. The zero-order valence-electron chi connectivity index (χ0n) is 13.3. The van der Waals surface area contributed by atoms with Gasteiger partial charge in [0.2, 0.25) is 0 Å². The Morgan fingerprint density at radius 1 is 0.640 bits per heavy atom. The normalized spacial score (nSPS) is 10.4. The summed E-state index contributed by atoms with van der Waals surface area (Å²) in [5, 5.41) is 18.3. The molecular formula is C21H16O4. The topological polar surface area (TPSA) is 74.6 Å². The molecule has 3 rings (SSSR count). The van der Waals surface area contributed by atoms with Gasteiger partial charge in [-0.1, -0.05) is 54.6 Å². The van der Waals surface area contributed by atoms with Crippen LogP contribution in [0.4, 0.5) is 0 Å². The Kier molecular flexibility index (Phi) is 4.61. The van der Waals surface area contributed by atoms with Crippen LogP contribution in [0.5, 0.6) is 0 Å². The number of aromatic carboxylic acids is 2. The van der Waals surface area contributed by atoms with Gasteiger partial charge in [-0.3, -0.25) is 0 Å². The minimum Gasteiger partial charge on any atom is -0.478 e. The largest absolute Gasteiger partial charge is 0.478 e. The van der Waals surface area contributed by atoms with E-state index >= 15 is 0 Å². The SMILES string of the molecule is O=C(O)c1cc(Cc2ccc(-c3ccccc3)cc2)cc(C(=O)O)c1. The average molecular weight is 332 g/mol. The van der Waals surface area contributed by atoms with E-state index in [2.05, 4.69) is 0 Å². The van der Waals surface area contributed by atoms with Gasteiger partial charge in [-0.15, -0.1) is 0 Å². The molecule has 0 aromatic heterocycles. The first kappa shape index (κ1) is 16.5. The van der Waals surface area contributed by atoms with Crippen molar-refractivity contribution in [2.24, 2.45) is 0 Å². The Labute approximate surface area is 145 Å². The molecule has 0 atom stereocenters. The van der Waals surface area contributed by atoms with E-state index in [4.69, 9.17) is 10.2 Å². The first-order valence-electron chi connectivity index (χ1n) is 7.78. The van der Waals surface area contributed by atoms with Crippen molar-refractivity contribution in [3.05, 3.63) is 95.1 Å². The molecule has 3 aromatic carbocycles. The minimum atomic E-state index is -1.14. The fourth-order valence-corrected chi connectivity index (χ4v) is 2.72. The molecule has 0 saturated heterocycles. The van der Waals surface area contributed by atoms with Crippen LogP contribution >= 0.6 is 0 Å². The van der Waals surface area contributed by atoms with Crippen LogP contribution in [-0.4, -0.2) is 22.2 Å². The molecule has 0 aliphatic rings. The Balaban J connectivity index is 1.87. The zero-order valence-corrected chi connectivity index (χ0v) is 13.3. The highest BCUT2D eigenvalue weighted by Gasteiger charge is 2.11. The highest BCUT2D eigenvalue weighted by atomic mass is 16.4. The van der Waals surface area contributed by atoms with Crippen molar-refractivity contribution in [3.8, 4) is 11.1 Å². The number of benzene rings is 3. The van der Waals surface area contributed by atoms with Gasteiger partial charge >= 0.3 is 11.9 Å². The summed E-state index contributed by atoms with van der Waals surface area (Å²) < 4.78 is 0. The number of hydrogen-bond donors (Lipinski definition) is 2. The summed E-state index contributed by atoms with van der Waals surface area (Å²) in [5.41, 5.74) is 3.82. The van der Waals surface area contributed by atoms with Crippen molar-refractivity contribution in [3.63, 3.8) is 0 Å². The lowest BCUT2D eigenvalue weighted by Crippen LogP contribution is -2.04. The second kappa shape index (κ2) is 7.01. The van der Waals surface area contributed by atoms with Gasteiger partial charge in [0.1, 0.15) is 0 Å². The number of carbonyl (C=O) groups is 2. The summed E-state index contributed by atoms with van der Waals surface area (Å²) in [4.78, 5) is 22.4. The molecule has 4 nitrogen and oxygen atoms in total. The molecule has 0 radical (unpaired) electrons. The van der Waals surface area contributed by atoms with Gasteiger partial charge in [-0.2, -0.15) is 0 Å². The summed E-state index contributed by atoms with van der Waals surface area (Å²) in [6.07, 6.45) is 0.469. The monoisotopic (exact) mass is 332 g/mol. The van der Waals surface area contributed by atoms with E-state index in [-0.39, 0.29) is 11.1 Å². The highest BCUT2D eigenvalue weighted by molar-refractivity contribution is 5.94. The number of rotatable bonds is 5. The van der Waals surface area contributed by atoms with Crippen molar-refractivity contribution < 1.29 is 19.8 Å². The molecule has 25 heavy (non-hydrogen) atoms. The van der Waals surface area contributed by atoms with Crippen LogP contribution in [0.15, 0.2) is 72.8 Å². The first-order chi connectivity index (χ1) is 12.0. The predicted molar refractivity (Wildman–Crippen MR) is 95.0 cm³/mol. The molecule has 0 amide bonds. The van der Waals surface area contributed by atoms with Crippen molar-refractivity contribution in [2.45, 2.75) is 6.42 Å². The van der Waals surface area contributed by atoms with Crippen LogP contribution in [0.25, 0.3) is 11.1 Å². The van der Waals surface area contributed by atoms with Crippen LogP contribution in [0, 0.1) is 0 Å². The minimum absolute atomic E-state index is 0.0178. The quantitative estimate of drug-likeness (QED) is 0.729. The number of carboxylic acid groups (broad SMARTS) is 2. The van der Waals surface area contributed by atoms with E-state index in [1.54, 1.807) is 0 Å². The molecule has 0 aliphatic carbocycles. The summed E-state index contributed by atoms with van der Waals surface area (Å²) in [7, 11) is 0. The predicted octanol–water partition coefficient (Wildman–Crippen LogP) is 4.34. The van der Waals surface area contributed by atoms with E-state index in [9.17, 15) is 9.59 Å². The Morgan fingerprint density at radius 2 is 1.16 bits per heavy atom. The van der Waals surface area contributed by atoms with Crippen molar-refractivity contribution in [1.29, 1.82) is 0 Å². The standard InChI is InChI=1S/C21H16O4/c22-20(23)18-11-15(12-19(13-18)21(24)25)10-14-6-8-17(9-7-14)16-4-2-1-3-5-16/h1-9,11-13H,10H2,(H,22,23)(H,24,25). The van der Waals surface area contributed by atoms with Crippen molar-refractivity contribution >= 4 is 11.9 Å². The van der Waals surface area contributed by atoms with E-state index < -0.39 is 11.9 Å². The van der Waals surface area contributed by atoms with Gasteiger partial charge in [-0.05, 0) is 46.9 Å². The van der Waals surface area contributed by atoms with E-state index in [1.165, 1.54) is 18.2 Å². The van der Waals surface area contributed by atoms with Gasteiger partial charge in [0.15, 0.2) is 0 Å². The maximum Gasteiger partial charge on any atom is 0.335 e. The lowest BCUT2D eigenvalue weighted by Gasteiger charge is -2.07. The van der Waals surface area contributed by atoms with Gasteiger partial charge in [-0.25, -0.2) is 9.59 Å². The van der Waals surface area contributed by atoms with E-state index in [0.717, 1.165) is 16.7 Å². The second-order valence-corrected chi connectivity index (χ2v) is 5.77. The third-order valence-corrected chi connectivity index (χ3v) is 3.96. The maximum atomic E-state index is 11.2. The summed E-state index contributed by atoms with van der Waals surface area (Å²) in [6.45, 7) is 0. The molecule has 0 bridgehead atoms. The van der Waals surface area contributed by atoms with Gasteiger partial charge in [0.05, 0.1) is 11.1 Å². The van der Waals surface area contributed by atoms with Crippen LogP contribution in [0.2, 0.25) is 0 Å². The summed E-state index contributed by atoms with van der Waals surface area (Å²) in [6, 6.07) is 22.1. The smallest absolute Gasteiger partial charge is 0.335 e. The molecule has 4 heteroatoms. The summed E-state index contributed by atoms with van der Waals surface area (Å²) in [5.74, 6) is -2.27. The number of carboxylic acids is 2. The zero-order chi connectivity index (χ0) is 17.8. The highest BCUT2D eigenvalue weighted by Crippen LogP contribution is 2.21. The van der Waals surface area contributed by atoms with Gasteiger partial charge in [0, 0.05) is 0 Å². The molecule has 0 saturated carbocycles. The molecule has 0 unspecified atom stereocenters. The second-order valence-electron chi connectivity index (χ2n) is 5.77. The molecule has 124 valence electrons. The molecule has 0 heterocycles. The van der Waals surface area contributed by atoms with Crippen molar-refractivity contribution in [2.75, 3.05) is 0 Å². The molecular weight excluding hydrogens is 316 g/mol. The average Bonchev–Trinajstić information content (AvgIpc) is 2.62. The summed E-state index contributed by atoms with van der Waals surface area (Å²) >= 11 is 0. The molecule has 2 N–H and O–H groups in total. The fraction of sp³-hybridized carbons (Fsp3) is 0.0476.